The van der Waals surface area contributed by atoms with Crippen molar-refractivity contribution in [2.24, 2.45) is 0 Å². The summed E-state index contributed by atoms with van der Waals surface area (Å²) in [7, 11) is 3.63. The Balaban J connectivity index is 2.35. The first-order chi connectivity index (χ1) is 8.99. The highest BCUT2D eigenvalue weighted by atomic mass is 19.1. The lowest BCUT2D eigenvalue weighted by atomic mass is 9.99. The summed E-state index contributed by atoms with van der Waals surface area (Å²) in [6, 6.07) is 12.3. The van der Waals surface area contributed by atoms with E-state index in [1.807, 2.05) is 45.3 Å². The van der Waals surface area contributed by atoms with E-state index in [4.69, 9.17) is 0 Å². The van der Waals surface area contributed by atoms with Crippen LogP contribution in [-0.4, -0.2) is 24.1 Å². The van der Waals surface area contributed by atoms with Crippen LogP contribution in [0.2, 0.25) is 0 Å². The highest BCUT2D eigenvalue weighted by Crippen LogP contribution is 2.26. The highest BCUT2D eigenvalue weighted by molar-refractivity contribution is 5.67. The maximum absolute atomic E-state index is 13.3. The van der Waals surface area contributed by atoms with Crippen molar-refractivity contribution >= 4 is 0 Å². The molecule has 0 saturated carbocycles. The van der Waals surface area contributed by atoms with Gasteiger partial charge in [-0.05, 0) is 55.4 Å². The average Bonchev–Trinajstić information content (AvgIpc) is 2.41. The summed E-state index contributed by atoms with van der Waals surface area (Å²) in [5.74, 6) is -0.238. The largest absolute Gasteiger partial charge is 0.374 e. The van der Waals surface area contributed by atoms with Crippen molar-refractivity contribution in [1.82, 2.24) is 4.90 Å². The summed E-state index contributed by atoms with van der Waals surface area (Å²) >= 11 is 0. The van der Waals surface area contributed by atoms with E-state index in [9.17, 15) is 9.50 Å². The monoisotopic (exact) mass is 259 g/mol. The minimum atomic E-state index is -0.623. The molecule has 1 N–H and O–H groups in total. The molecule has 19 heavy (non-hydrogen) atoms. The van der Waals surface area contributed by atoms with Crippen LogP contribution in [0, 0.1) is 12.7 Å². The lowest BCUT2D eigenvalue weighted by Gasteiger charge is -2.19. The van der Waals surface area contributed by atoms with Gasteiger partial charge in [0.15, 0.2) is 0 Å². The molecule has 0 saturated heterocycles. The van der Waals surface area contributed by atoms with Gasteiger partial charge in [-0.25, -0.2) is 4.39 Å². The quantitative estimate of drug-likeness (QED) is 0.854. The molecule has 0 aliphatic heterocycles. The van der Waals surface area contributed by atoms with E-state index in [0.717, 1.165) is 22.3 Å². The summed E-state index contributed by atoms with van der Waals surface area (Å²) in [5.41, 5.74) is 3.68. The predicted octanol–water partition coefficient (Wildman–Crippen LogP) is 3.35. The first-order valence-electron chi connectivity index (χ1n) is 6.20. The van der Waals surface area contributed by atoms with E-state index in [0.29, 0.717) is 0 Å². The van der Waals surface area contributed by atoms with Crippen molar-refractivity contribution in [3.63, 3.8) is 0 Å². The number of aryl methyl sites for hydroxylation is 1. The lowest BCUT2D eigenvalue weighted by molar-refractivity contribution is 0.0395. The molecule has 0 radical (unpaired) electrons. The fourth-order valence-electron chi connectivity index (χ4n) is 2.04. The van der Waals surface area contributed by atoms with Gasteiger partial charge in [-0.3, -0.25) is 4.90 Å². The van der Waals surface area contributed by atoms with Crippen LogP contribution < -0.4 is 0 Å². The molecule has 0 amide bonds. The lowest BCUT2D eigenvalue weighted by Crippen LogP contribution is -2.18. The van der Waals surface area contributed by atoms with E-state index in [1.165, 1.54) is 12.1 Å². The van der Waals surface area contributed by atoms with E-state index in [1.54, 1.807) is 11.0 Å². The van der Waals surface area contributed by atoms with Crippen LogP contribution in [0.1, 0.15) is 17.4 Å². The summed E-state index contributed by atoms with van der Waals surface area (Å²) < 4.78 is 13.3. The third-order valence-corrected chi connectivity index (χ3v) is 3.21. The van der Waals surface area contributed by atoms with Gasteiger partial charge >= 0.3 is 0 Å². The van der Waals surface area contributed by atoms with E-state index in [-0.39, 0.29) is 5.82 Å². The minimum Gasteiger partial charge on any atom is -0.374 e. The number of halogens is 1. The predicted molar refractivity (Wildman–Crippen MR) is 75.2 cm³/mol. The minimum absolute atomic E-state index is 0.238. The van der Waals surface area contributed by atoms with Gasteiger partial charge in [0.2, 0.25) is 0 Å². The van der Waals surface area contributed by atoms with Crippen LogP contribution in [0.5, 0.6) is 0 Å². The van der Waals surface area contributed by atoms with Crippen LogP contribution in [0.25, 0.3) is 11.1 Å². The zero-order valence-corrected chi connectivity index (χ0v) is 11.4. The Labute approximate surface area is 113 Å². The fraction of sp³-hybridized carbons (Fsp3) is 0.250. The molecule has 0 bridgehead atoms. The molecule has 0 spiro atoms. The molecule has 0 fully saturated rings. The first kappa shape index (κ1) is 13.7. The van der Waals surface area contributed by atoms with Crippen molar-refractivity contribution in [3.8, 4) is 11.1 Å². The number of aliphatic hydroxyl groups excluding tert-OH is 1. The normalized spacial score (nSPS) is 12.7. The number of nitrogens with zero attached hydrogens (tertiary/aromatic N) is 1. The van der Waals surface area contributed by atoms with Crippen LogP contribution in [0.15, 0.2) is 42.5 Å². The standard InChI is InChI=1S/C16H18FNO/c1-11-4-9-14(17)10-15(11)12-5-7-13(8-6-12)16(19)18(2)3/h4-10,16,19H,1-3H3. The second kappa shape index (κ2) is 5.51. The van der Waals surface area contributed by atoms with Gasteiger partial charge in [0, 0.05) is 0 Å². The molecule has 2 rings (SSSR count). The topological polar surface area (TPSA) is 23.5 Å². The summed E-state index contributed by atoms with van der Waals surface area (Å²) in [5, 5.41) is 9.92. The van der Waals surface area contributed by atoms with Crippen molar-refractivity contribution < 1.29 is 9.50 Å². The molecule has 2 aromatic rings. The van der Waals surface area contributed by atoms with E-state index in [2.05, 4.69) is 0 Å². The Morgan fingerprint density at radius 3 is 2.26 bits per heavy atom. The number of rotatable bonds is 3. The molecule has 0 aliphatic rings. The smallest absolute Gasteiger partial charge is 0.133 e. The Bertz CT molecular complexity index is 563. The number of hydrogen-bond acceptors (Lipinski definition) is 2. The molecule has 1 atom stereocenters. The molecule has 100 valence electrons. The SMILES string of the molecule is Cc1ccc(F)cc1-c1ccc(C(O)N(C)C)cc1. The second-order valence-electron chi connectivity index (χ2n) is 4.92. The molecule has 2 aromatic carbocycles. The van der Waals surface area contributed by atoms with Gasteiger partial charge in [-0.1, -0.05) is 30.3 Å². The van der Waals surface area contributed by atoms with E-state index < -0.39 is 6.23 Å². The first-order valence-corrected chi connectivity index (χ1v) is 6.20. The third-order valence-electron chi connectivity index (χ3n) is 3.21. The van der Waals surface area contributed by atoms with Crippen LogP contribution in [-0.2, 0) is 0 Å². The Hall–Kier alpha value is -1.71. The van der Waals surface area contributed by atoms with Crippen LogP contribution >= 0.6 is 0 Å². The van der Waals surface area contributed by atoms with Crippen molar-refractivity contribution in [2.75, 3.05) is 14.1 Å². The van der Waals surface area contributed by atoms with Gasteiger partial charge < -0.3 is 5.11 Å². The maximum Gasteiger partial charge on any atom is 0.133 e. The van der Waals surface area contributed by atoms with Crippen LogP contribution in [0.3, 0.4) is 0 Å². The molecule has 0 aromatic heterocycles. The number of benzene rings is 2. The zero-order valence-electron chi connectivity index (χ0n) is 11.4. The summed E-state index contributed by atoms with van der Waals surface area (Å²) in [6.45, 7) is 1.96. The molecule has 1 unspecified atom stereocenters. The zero-order chi connectivity index (χ0) is 14.0. The van der Waals surface area contributed by atoms with E-state index >= 15 is 0 Å². The second-order valence-corrected chi connectivity index (χ2v) is 4.92. The van der Waals surface area contributed by atoms with Gasteiger partial charge in [-0.2, -0.15) is 0 Å². The van der Waals surface area contributed by atoms with Crippen molar-refractivity contribution in [1.29, 1.82) is 0 Å². The summed E-state index contributed by atoms with van der Waals surface area (Å²) in [4.78, 5) is 1.72. The highest BCUT2D eigenvalue weighted by Gasteiger charge is 2.10. The van der Waals surface area contributed by atoms with Gasteiger partial charge in [0.25, 0.3) is 0 Å². The molecular formula is C16H18FNO. The molecule has 3 heteroatoms. The molecule has 0 aliphatic carbocycles. The Morgan fingerprint density at radius 1 is 1.05 bits per heavy atom. The molecular weight excluding hydrogens is 241 g/mol. The molecule has 2 nitrogen and oxygen atoms in total. The average molecular weight is 259 g/mol. The fourth-order valence-corrected chi connectivity index (χ4v) is 2.04. The van der Waals surface area contributed by atoms with Crippen molar-refractivity contribution in [2.45, 2.75) is 13.2 Å². The Kier molecular flexibility index (Phi) is 3.98. The Morgan fingerprint density at radius 2 is 1.68 bits per heavy atom. The third kappa shape index (κ3) is 3.00. The van der Waals surface area contributed by atoms with Crippen LogP contribution in [0.4, 0.5) is 4.39 Å². The van der Waals surface area contributed by atoms with Gasteiger partial charge in [0.1, 0.15) is 12.0 Å². The van der Waals surface area contributed by atoms with Crippen molar-refractivity contribution in [3.05, 3.63) is 59.4 Å². The maximum atomic E-state index is 13.3. The number of aliphatic hydroxyl groups is 1. The van der Waals surface area contributed by atoms with Gasteiger partial charge in [-0.15, -0.1) is 0 Å². The summed E-state index contributed by atoms with van der Waals surface area (Å²) in [6.07, 6.45) is -0.623. The number of hydrogen-bond donors (Lipinski definition) is 1. The molecule has 0 heterocycles. The van der Waals surface area contributed by atoms with Gasteiger partial charge in [0.05, 0.1) is 0 Å².